The zero-order chi connectivity index (χ0) is 17.2. The van der Waals surface area contributed by atoms with E-state index in [2.05, 4.69) is 10.3 Å². The van der Waals surface area contributed by atoms with Crippen molar-refractivity contribution in [3.8, 4) is 0 Å². The lowest BCUT2D eigenvalue weighted by atomic mass is 9.78. The third kappa shape index (κ3) is 3.02. The molecule has 0 spiro atoms. The third-order valence-electron chi connectivity index (χ3n) is 4.48. The van der Waals surface area contributed by atoms with Crippen LogP contribution in [-0.2, 0) is 21.5 Å². The predicted octanol–water partition coefficient (Wildman–Crippen LogP) is 1.81. The van der Waals surface area contributed by atoms with Crippen molar-refractivity contribution >= 4 is 11.8 Å². The van der Waals surface area contributed by atoms with Crippen molar-refractivity contribution in [2.75, 3.05) is 13.6 Å². The monoisotopic (exact) mass is 323 g/mol. The van der Waals surface area contributed by atoms with Gasteiger partial charge in [0.2, 0.25) is 11.8 Å². The van der Waals surface area contributed by atoms with Gasteiger partial charge in [-0.15, -0.1) is 0 Å². The Hall–Kier alpha value is -2.69. The van der Waals surface area contributed by atoms with Crippen LogP contribution in [0.15, 0.2) is 48.5 Å². The number of amides is 2. The van der Waals surface area contributed by atoms with E-state index in [0.717, 1.165) is 17.0 Å². The molecule has 0 bridgehead atoms. The fourth-order valence-electron chi connectivity index (χ4n) is 3.25. The van der Waals surface area contributed by atoms with Crippen LogP contribution in [-0.4, -0.2) is 35.3 Å². The fourth-order valence-corrected chi connectivity index (χ4v) is 3.25. The second-order valence-electron chi connectivity index (χ2n) is 6.33. The number of hydrogen-bond donors (Lipinski definition) is 1. The molecule has 2 amide bonds. The van der Waals surface area contributed by atoms with Crippen LogP contribution in [0, 0.1) is 6.92 Å². The Morgan fingerprint density at radius 3 is 2.58 bits per heavy atom. The first-order valence-corrected chi connectivity index (χ1v) is 8.01. The summed E-state index contributed by atoms with van der Waals surface area (Å²) in [6, 6.07) is 15.3. The van der Waals surface area contributed by atoms with Crippen LogP contribution in [0.25, 0.3) is 0 Å². The number of likely N-dealkylation sites (N-methyl/N-ethyl adjacent to an activating group) is 1. The smallest absolute Gasteiger partial charge is 0.235 e. The molecule has 1 aromatic heterocycles. The van der Waals surface area contributed by atoms with Gasteiger partial charge in [-0.25, -0.2) is 0 Å². The lowest BCUT2D eigenvalue weighted by Gasteiger charge is -2.31. The normalized spacial score (nSPS) is 19.8. The van der Waals surface area contributed by atoms with Gasteiger partial charge in [-0.1, -0.05) is 36.4 Å². The molecule has 5 nitrogen and oxygen atoms in total. The van der Waals surface area contributed by atoms with Crippen molar-refractivity contribution in [1.29, 1.82) is 0 Å². The molecule has 0 radical (unpaired) electrons. The van der Waals surface area contributed by atoms with Gasteiger partial charge in [-0.2, -0.15) is 0 Å². The molecule has 5 heteroatoms. The first kappa shape index (κ1) is 16.2. The molecule has 24 heavy (non-hydrogen) atoms. The van der Waals surface area contributed by atoms with E-state index in [-0.39, 0.29) is 18.2 Å². The fraction of sp³-hybridized carbons (Fsp3) is 0.316. The van der Waals surface area contributed by atoms with Crippen molar-refractivity contribution in [3.05, 3.63) is 65.5 Å². The summed E-state index contributed by atoms with van der Waals surface area (Å²) >= 11 is 0. The first-order chi connectivity index (χ1) is 11.5. The maximum Gasteiger partial charge on any atom is 0.235 e. The Bertz CT molecular complexity index is 760. The number of pyridine rings is 1. The third-order valence-corrected chi connectivity index (χ3v) is 4.48. The number of aryl methyl sites for hydroxylation is 1. The van der Waals surface area contributed by atoms with Crippen LogP contribution in [0.5, 0.6) is 0 Å². The van der Waals surface area contributed by atoms with Gasteiger partial charge in [-0.3, -0.25) is 14.6 Å². The van der Waals surface area contributed by atoms with Crippen LogP contribution < -0.4 is 5.32 Å². The summed E-state index contributed by atoms with van der Waals surface area (Å²) in [7, 11) is 1.76. The van der Waals surface area contributed by atoms with Gasteiger partial charge in [0.15, 0.2) is 0 Å². The molecule has 2 aromatic rings. The summed E-state index contributed by atoms with van der Waals surface area (Å²) in [5.74, 6) is -0.148. The number of rotatable bonds is 4. The Labute approximate surface area is 141 Å². The Morgan fingerprint density at radius 2 is 1.96 bits per heavy atom. The lowest BCUT2D eigenvalue weighted by molar-refractivity contribution is -0.137. The maximum atomic E-state index is 13.2. The molecule has 1 fully saturated rings. The zero-order valence-electron chi connectivity index (χ0n) is 14.0. The van der Waals surface area contributed by atoms with Gasteiger partial charge in [0.1, 0.15) is 5.41 Å². The van der Waals surface area contributed by atoms with Gasteiger partial charge in [0, 0.05) is 25.7 Å². The van der Waals surface area contributed by atoms with Crippen LogP contribution in [0.2, 0.25) is 0 Å². The van der Waals surface area contributed by atoms with E-state index >= 15 is 0 Å². The number of hydrogen-bond acceptors (Lipinski definition) is 3. The largest absolute Gasteiger partial charge is 0.355 e. The second kappa shape index (κ2) is 6.43. The molecule has 2 heterocycles. The molecule has 0 saturated carbocycles. The van der Waals surface area contributed by atoms with E-state index in [0.29, 0.717) is 13.1 Å². The van der Waals surface area contributed by atoms with Crippen LogP contribution in [0.3, 0.4) is 0 Å². The van der Waals surface area contributed by atoms with Crippen LogP contribution >= 0.6 is 0 Å². The maximum absolute atomic E-state index is 13.2. The summed E-state index contributed by atoms with van der Waals surface area (Å²) in [6.07, 6.45) is 0.182. The van der Waals surface area contributed by atoms with Gasteiger partial charge < -0.3 is 10.2 Å². The molecule has 1 aromatic carbocycles. The average Bonchev–Trinajstić information content (AvgIpc) is 2.98. The highest BCUT2D eigenvalue weighted by Gasteiger charge is 2.47. The van der Waals surface area contributed by atoms with E-state index in [4.69, 9.17) is 0 Å². The van der Waals surface area contributed by atoms with E-state index in [1.54, 1.807) is 11.9 Å². The molecule has 1 N–H and O–H groups in total. The van der Waals surface area contributed by atoms with Gasteiger partial charge in [0.05, 0.1) is 12.2 Å². The summed E-state index contributed by atoms with van der Waals surface area (Å²) in [6.45, 7) is 2.68. The van der Waals surface area contributed by atoms with Gasteiger partial charge >= 0.3 is 0 Å². The van der Waals surface area contributed by atoms with Crippen molar-refractivity contribution in [2.24, 2.45) is 0 Å². The standard InChI is InChI=1S/C19H21N3O2/c1-14-7-6-10-16(21-14)12-22(2)18(24)19(11-17(23)20-13-19)15-8-4-3-5-9-15/h3-10H,11-13H2,1-2H3,(H,20,23). The molecule has 1 saturated heterocycles. The van der Waals surface area contributed by atoms with Crippen molar-refractivity contribution in [3.63, 3.8) is 0 Å². The minimum absolute atomic E-state index is 0.0599. The van der Waals surface area contributed by atoms with E-state index in [1.807, 2.05) is 55.5 Å². The highest BCUT2D eigenvalue weighted by Crippen LogP contribution is 2.33. The highest BCUT2D eigenvalue weighted by atomic mass is 16.2. The van der Waals surface area contributed by atoms with Crippen LogP contribution in [0.1, 0.15) is 23.4 Å². The Morgan fingerprint density at radius 1 is 1.21 bits per heavy atom. The molecule has 0 aliphatic carbocycles. The SMILES string of the molecule is Cc1cccc(CN(C)C(=O)C2(c3ccccc3)CNC(=O)C2)n1. The summed E-state index contributed by atoms with van der Waals surface area (Å²) in [4.78, 5) is 31.2. The number of benzene rings is 1. The molecule has 1 atom stereocenters. The van der Waals surface area contributed by atoms with Crippen molar-refractivity contribution in [1.82, 2.24) is 15.2 Å². The second-order valence-corrected chi connectivity index (χ2v) is 6.33. The number of carbonyl (C=O) groups excluding carboxylic acids is 2. The topological polar surface area (TPSA) is 62.3 Å². The summed E-state index contributed by atoms with van der Waals surface area (Å²) in [5, 5.41) is 2.82. The zero-order valence-corrected chi connectivity index (χ0v) is 14.0. The minimum Gasteiger partial charge on any atom is -0.355 e. The highest BCUT2D eigenvalue weighted by molar-refractivity contribution is 5.97. The van der Waals surface area contributed by atoms with E-state index in [1.165, 1.54) is 0 Å². The number of carbonyl (C=O) groups is 2. The quantitative estimate of drug-likeness (QED) is 0.933. The van der Waals surface area contributed by atoms with E-state index < -0.39 is 5.41 Å². The van der Waals surface area contributed by atoms with Crippen molar-refractivity contribution < 1.29 is 9.59 Å². The molecule has 1 unspecified atom stereocenters. The molecule has 1 aliphatic rings. The van der Waals surface area contributed by atoms with E-state index in [9.17, 15) is 9.59 Å². The molecular weight excluding hydrogens is 302 g/mol. The number of nitrogens with zero attached hydrogens (tertiary/aromatic N) is 2. The number of nitrogens with one attached hydrogen (secondary N) is 1. The Balaban J connectivity index is 1.88. The molecule has 124 valence electrons. The lowest BCUT2D eigenvalue weighted by Crippen LogP contribution is -2.46. The number of aromatic nitrogens is 1. The Kier molecular flexibility index (Phi) is 4.34. The molecular formula is C19H21N3O2. The molecule has 3 rings (SSSR count). The summed E-state index contributed by atoms with van der Waals surface area (Å²) in [5.41, 5.74) is 1.80. The van der Waals surface area contributed by atoms with Crippen molar-refractivity contribution in [2.45, 2.75) is 25.3 Å². The molecule has 1 aliphatic heterocycles. The summed E-state index contributed by atoms with van der Waals surface area (Å²) < 4.78 is 0. The average molecular weight is 323 g/mol. The van der Waals surface area contributed by atoms with Gasteiger partial charge in [-0.05, 0) is 24.6 Å². The van der Waals surface area contributed by atoms with Gasteiger partial charge in [0.25, 0.3) is 0 Å². The first-order valence-electron chi connectivity index (χ1n) is 8.01. The predicted molar refractivity (Wildman–Crippen MR) is 91.2 cm³/mol. The minimum atomic E-state index is -0.836. The van der Waals surface area contributed by atoms with Crippen LogP contribution in [0.4, 0.5) is 0 Å².